The molecular formula is C16H13N3O3. The van der Waals surface area contributed by atoms with Gasteiger partial charge in [0.1, 0.15) is 5.75 Å². The van der Waals surface area contributed by atoms with E-state index in [4.69, 9.17) is 9.15 Å². The van der Waals surface area contributed by atoms with Crippen molar-refractivity contribution in [2.24, 2.45) is 0 Å². The number of carbonyl (C=O) groups excluding carboxylic acids is 1. The number of amides is 1. The van der Waals surface area contributed by atoms with Crippen LogP contribution in [0.4, 0.5) is 5.69 Å². The fraction of sp³-hybridized carbons (Fsp3) is 0.0625. The first-order chi connectivity index (χ1) is 10.8. The monoisotopic (exact) mass is 295 g/mol. The second kappa shape index (κ2) is 6.09. The van der Waals surface area contributed by atoms with Crippen LogP contribution in [0.2, 0.25) is 0 Å². The molecule has 22 heavy (non-hydrogen) atoms. The van der Waals surface area contributed by atoms with Gasteiger partial charge in [-0.1, -0.05) is 24.3 Å². The van der Waals surface area contributed by atoms with Gasteiger partial charge < -0.3 is 14.5 Å². The first kappa shape index (κ1) is 13.8. The third kappa shape index (κ3) is 2.95. The number of rotatable bonds is 4. The summed E-state index contributed by atoms with van der Waals surface area (Å²) < 4.78 is 10.5. The van der Waals surface area contributed by atoms with Crippen LogP contribution in [-0.4, -0.2) is 23.2 Å². The van der Waals surface area contributed by atoms with Gasteiger partial charge in [-0.2, -0.15) is 0 Å². The average Bonchev–Trinajstić information content (AvgIpc) is 3.06. The molecule has 3 aromatic rings. The maximum atomic E-state index is 12.1. The molecule has 0 bridgehead atoms. The maximum Gasteiger partial charge on any atom is 0.313 e. The van der Waals surface area contributed by atoms with Gasteiger partial charge in [0.2, 0.25) is 5.89 Å². The summed E-state index contributed by atoms with van der Waals surface area (Å²) in [6.07, 6.45) is 0. The maximum absolute atomic E-state index is 12.1. The molecule has 6 nitrogen and oxygen atoms in total. The number of methoxy groups -OCH3 is 1. The van der Waals surface area contributed by atoms with Gasteiger partial charge in [-0.3, -0.25) is 4.79 Å². The highest BCUT2D eigenvalue weighted by molar-refractivity contribution is 6.01. The third-order valence-corrected chi connectivity index (χ3v) is 2.97. The minimum absolute atomic E-state index is 0.0957. The molecule has 0 aliphatic rings. The van der Waals surface area contributed by atoms with Crippen molar-refractivity contribution in [3.05, 3.63) is 60.5 Å². The van der Waals surface area contributed by atoms with Gasteiger partial charge in [0.25, 0.3) is 0 Å². The Hall–Kier alpha value is -3.15. The van der Waals surface area contributed by atoms with Crippen LogP contribution >= 0.6 is 0 Å². The predicted molar refractivity (Wildman–Crippen MR) is 80.7 cm³/mol. The van der Waals surface area contributed by atoms with Crippen LogP contribution in [0.15, 0.2) is 59.0 Å². The van der Waals surface area contributed by atoms with Crippen molar-refractivity contribution in [1.29, 1.82) is 0 Å². The van der Waals surface area contributed by atoms with E-state index in [-0.39, 0.29) is 5.89 Å². The SMILES string of the molecule is COc1cccc(NC(=O)c2nnc(-c3ccccc3)o2)c1. The standard InChI is InChI=1S/C16H13N3O3/c1-21-13-9-5-8-12(10-13)17-14(20)16-19-18-15(22-16)11-6-3-2-4-7-11/h2-10H,1H3,(H,17,20). The Bertz CT molecular complexity index is 784. The molecule has 110 valence electrons. The molecule has 1 N–H and O–H groups in total. The van der Waals surface area contributed by atoms with Gasteiger partial charge in [0.15, 0.2) is 0 Å². The van der Waals surface area contributed by atoms with E-state index in [1.807, 2.05) is 30.3 Å². The Kier molecular flexibility index (Phi) is 3.82. The summed E-state index contributed by atoms with van der Waals surface area (Å²) in [5.41, 5.74) is 1.35. The van der Waals surface area contributed by atoms with E-state index in [0.29, 0.717) is 17.3 Å². The first-order valence-electron chi connectivity index (χ1n) is 6.60. The van der Waals surface area contributed by atoms with Crippen LogP contribution < -0.4 is 10.1 Å². The molecule has 1 amide bonds. The predicted octanol–water partition coefficient (Wildman–Crippen LogP) is 3.00. The zero-order valence-corrected chi connectivity index (χ0v) is 11.8. The van der Waals surface area contributed by atoms with Crippen molar-refractivity contribution in [1.82, 2.24) is 10.2 Å². The van der Waals surface area contributed by atoms with Gasteiger partial charge in [0, 0.05) is 17.3 Å². The second-order valence-electron chi connectivity index (χ2n) is 4.46. The highest BCUT2D eigenvalue weighted by Crippen LogP contribution is 2.19. The Balaban J connectivity index is 1.77. The number of hydrogen-bond acceptors (Lipinski definition) is 5. The van der Waals surface area contributed by atoms with Gasteiger partial charge in [-0.05, 0) is 24.3 Å². The van der Waals surface area contributed by atoms with Crippen molar-refractivity contribution in [2.45, 2.75) is 0 Å². The Labute approximate surface area is 126 Å². The smallest absolute Gasteiger partial charge is 0.313 e. The Morgan fingerprint density at radius 3 is 2.68 bits per heavy atom. The molecule has 1 heterocycles. The second-order valence-corrected chi connectivity index (χ2v) is 4.46. The average molecular weight is 295 g/mol. The number of ether oxygens (including phenoxy) is 1. The molecule has 0 aliphatic heterocycles. The van der Waals surface area contributed by atoms with Crippen molar-refractivity contribution in [2.75, 3.05) is 12.4 Å². The molecule has 0 spiro atoms. The number of aromatic nitrogens is 2. The Morgan fingerprint density at radius 2 is 1.91 bits per heavy atom. The van der Waals surface area contributed by atoms with Crippen LogP contribution in [-0.2, 0) is 0 Å². The zero-order chi connectivity index (χ0) is 15.4. The van der Waals surface area contributed by atoms with Crippen LogP contribution in [0, 0.1) is 0 Å². The lowest BCUT2D eigenvalue weighted by Crippen LogP contribution is -2.12. The lowest BCUT2D eigenvalue weighted by atomic mass is 10.2. The molecule has 0 radical (unpaired) electrons. The molecule has 0 atom stereocenters. The van der Waals surface area contributed by atoms with Gasteiger partial charge in [-0.25, -0.2) is 0 Å². The van der Waals surface area contributed by atoms with Crippen LogP contribution in [0.25, 0.3) is 11.5 Å². The summed E-state index contributed by atoms with van der Waals surface area (Å²) in [5, 5.41) is 10.3. The van der Waals surface area contributed by atoms with Crippen molar-refractivity contribution in [3.8, 4) is 17.2 Å². The zero-order valence-electron chi connectivity index (χ0n) is 11.8. The lowest BCUT2D eigenvalue weighted by Gasteiger charge is -2.04. The number of anilines is 1. The lowest BCUT2D eigenvalue weighted by molar-refractivity contribution is 0.0991. The summed E-state index contributed by atoms with van der Waals surface area (Å²) in [6, 6.07) is 16.3. The van der Waals surface area contributed by atoms with E-state index in [2.05, 4.69) is 15.5 Å². The fourth-order valence-electron chi connectivity index (χ4n) is 1.90. The highest BCUT2D eigenvalue weighted by atomic mass is 16.5. The molecule has 0 fully saturated rings. The summed E-state index contributed by atoms with van der Waals surface area (Å²) in [5.74, 6) is 0.384. The largest absolute Gasteiger partial charge is 0.497 e. The van der Waals surface area contributed by atoms with E-state index >= 15 is 0 Å². The normalized spacial score (nSPS) is 10.2. The first-order valence-corrected chi connectivity index (χ1v) is 6.60. The molecule has 0 saturated carbocycles. The topological polar surface area (TPSA) is 77.2 Å². The van der Waals surface area contributed by atoms with E-state index in [9.17, 15) is 4.79 Å². The van der Waals surface area contributed by atoms with Gasteiger partial charge in [-0.15, -0.1) is 10.2 Å². The number of hydrogen-bond donors (Lipinski definition) is 1. The molecule has 0 aliphatic carbocycles. The molecule has 1 aromatic heterocycles. The van der Waals surface area contributed by atoms with Crippen molar-refractivity contribution >= 4 is 11.6 Å². The molecule has 6 heteroatoms. The minimum atomic E-state index is -0.470. The van der Waals surface area contributed by atoms with Crippen LogP contribution in [0.1, 0.15) is 10.7 Å². The molecule has 0 unspecified atom stereocenters. The number of nitrogens with one attached hydrogen (secondary N) is 1. The van der Waals surface area contributed by atoms with E-state index in [1.54, 1.807) is 31.4 Å². The van der Waals surface area contributed by atoms with Crippen LogP contribution in [0.5, 0.6) is 5.75 Å². The molecule has 0 saturated heterocycles. The minimum Gasteiger partial charge on any atom is -0.497 e. The quantitative estimate of drug-likeness (QED) is 0.800. The van der Waals surface area contributed by atoms with Gasteiger partial charge in [0.05, 0.1) is 7.11 Å². The van der Waals surface area contributed by atoms with Crippen molar-refractivity contribution in [3.63, 3.8) is 0 Å². The highest BCUT2D eigenvalue weighted by Gasteiger charge is 2.16. The third-order valence-electron chi connectivity index (χ3n) is 2.97. The fourth-order valence-corrected chi connectivity index (χ4v) is 1.90. The summed E-state index contributed by atoms with van der Waals surface area (Å²) >= 11 is 0. The van der Waals surface area contributed by atoms with E-state index in [1.165, 1.54) is 0 Å². The molecular weight excluding hydrogens is 282 g/mol. The van der Waals surface area contributed by atoms with E-state index in [0.717, 1.165) is 5.56 Å². The van der Waals surface area contributed by atoms with Gasteiger partial charge >= 0.3 is 11.8 Å². The van der Waals surface area contributed by atoms with Crippen molar-refractivity contribution < 1.29 is 13.9 Å². The summed E-state index contributed by atoms with van der Waals surface area (Å²) in [7, 11) is 1.56. The number of benzene rings is 2. The van der Waals surface area contributed by atoms with Crippen LogP contribution in [0.3, 0.4) is 0 Å². The summed E-state index contributed by atoms with van der Waals surface area (Å²) in [4.78, 5) is 12.1. The summed E-state index contributed by atoms with van der Waals surface area (Å²) in [6.45, 7) is 0. The van der Waals surface area contributed by atoms with E-state index < -0.39 is 5.91 Å². The Morgan fingerprint density at radius 1 is 1.09 bits per heavy atom. The number of carbonyl (C=O) groups is 1. The molecule has 2 aromatic carbocycles. The molecule has 3 rings (SSSR count). The number of nitrogens with zero attached hydrogens (tertiary/aromatic N) is 2.